The zero-order chi connectivity index (χ0) is 15.1. The van der Waals surface area contributed by atoms with Gasteiger partial charge in [0.05, 0.1) is 0 Å². The molecule has 0 saturated carbocycles. The van der Waals surface area contributed by atoms with E-state index in [1.165, 1.54) is 13.0 Å². The number of benzene rings is 1. The molecule has 3 aromatic rings. The van der Waals surface area contributed by atoms with Gasteiger partial charge in [-0.1, -0.05) is 39.4 Å². The molecule has 1 fully saturated rings. The molecule has 1 aliphatic heterocycles. The SMILES string of the molecule is CN1CCCC(c2nnc3sc(-c4ccc(Br)cc4)nn23)C1. The third kappa shape index (κ3) is 2.57. The molecule has 22 heavy (non-hydrogen) atoms. The highest BCUT2D eigenvalue weighted by Gasteiger charge is 2.25. The summed E-state index contributed by atoms with van der Waals surface area (Å²) in [5.74, 6) is 1.43. The van der Waals surface area contributed by atoms with Crippen LogP contribution in [0.1, 0.15) is 24.6 Å². The first-order valence-corrected chi connectivity index (χ1v) is 8.98. The lowest BCUT2D eigenvalue weighted by atomic mass is 9.98. The lowest BCUT2D eigenvalue weighted by Crippen LogP contribution is -2.31. The average molecular weight is 378 g/mol. The molecule has 1 unspecified atom stereocenters. The molecule has 0 spiro atoms. The minimum atomic E-state index is 0.425. The van der Waals surface area contributed by atoms with Crippen LogP contribution in [0.4, 0.5) is 0 Å². The summed E-state index contributed by atoms with van der Waals surface area (Å²) >= 11 is 5.06. The van der Waals surface area contributed by atoms with Crippen molar-refractivity contribution in [2.45, 2.75) is 18.8 Å². The lowest BCUT2D eigenvalue weighted by molar-refractivity contribution is 0.244. The third-order valence-corrected chi connectivity index (χ3v) is 5.57. The van der Waals surface area contributed by atoms with Crippen LogP contribution in [-0.4, -0.2) is 44.8 Å². The van der Waals surface area contributed by atoms with Crippen LogP contribution in [0, 0.1) is 0 Å². The Bertz CT molecular complexity index is 794. The number of hydrogen-bond donors (Lipinski definition) is 0. The molecule has 7 heteroatoms. The fourth-order valence-corrected chi connectivity index (χ4v) is 4.09. The Labute approximate surface area is 141 Å². The van der Waals surface area contributed by atoms with Crippen LogP contribution in [0.3, 0.4) is 0 Å². The summed E-state index contributed by atoms with van der Waals surface area (Å²) in [6.45, 7) is 2.20. The number of aromatic nitrogens is 4. The minimum Gasteiger partial charge on any atom is -0.306 e. The van der Waals surface area contributed by atoms with Crippen molar-refractivity contribution in [3.63, 3.8) is 0 Å². The summed E-state index contributed by atoms with van der Waals surface area (Å²) < 4.78 is 3.01. The van der Waals surface area contributed by atoms with Gasteiger partial charge in [0.25, 0.3) is 0 Å². The predicted molar refractivity (Wildman–Crippen MR) is 91.3 cm³/mol. The van der Waals surface area contributed by atoms with Crippen molar-refractivity contribution in [1.29, 1.82) is 0 Å². The summed E-state index contributed by atoms with van der Waals surface area (Å²) in [5.41, 5.74) is 1.12. The molecule has 1 aromatic carbocycles. The first-order valence-electron chi connectivity index (χ1n) is 7.37. The highest BCUT2D eigenvalue weighted by atomic mass is 79.9. The maximum Gasteiger partial charge on any atom is 0.234 e. The number of likely N-dealkylation sites (tertiary alicyclic amines) is 1. The van der Waals surface area contributed by atoms with Crippen molar-refractivity contribution >= 4 is 32.2 Å². The van der Waals surface area contributed by atoms with E-state index in [9.17, 15) is 0 Å². The van der Waals surface area contributed by atoms with E-state index in [1.807, 2.05) is 16.6 Å². The normalized spacial score (nSPS) is 19.8. The molecule has 1 aliphatic rings. The first kappa shape index (κ1) is 14.3. The second-order valence-electron chi connectivity index (χ2n) is 5.77. The van der Waals surface area contributed by atoms with Crippen molar-refractivity contribution in [3.8, 4) is 10.6 Å². The Morgan fingerprint density at radius 1 is 1.23 bits per heavy atom. The van der Waals surface area contributed by atoms with Gasteiger partial charge in [0.1, 0.15) is 5.01 Å². The van der Waals surface area contributed by atoms with Crippen LogP contribution in [0.2, 0.25) is 0 Å². The third-order valence-electron chi connectivity index (χ3n) is 4.10. The van der Waals surface area contributed by atoms with Gasteiger partial charge in [-0.3, -0.25) is 0 Å². The van der Waals surface area contributed by atoms with Gasteiger partial charge >= 0.3 is 0 Å². The summed E-state index contributed by atoms with van der Waals surface area (Å²) in [5, 5.41) is 14.5. The molecule has 0 aliphatic carbocycles. The number of piperidine rings is 1. The number of fused-ring (bicyclic) bond motifs is 1. The predicted octanol–water partition coefficient (Wildman–Crippen LogP) is 3.42. The van der Waals surface area contributed by atoms with Crippen LogP contribution in [0.25, 0.3) is 15.5 Å². The smallest absolute Gasteiger partial charge is 0.234 e. The van der Waals surface area contributed by atoms with Crippen molar-refractivity contribution in [1.82, 2.24) is 24.7 Å². The van der Waals surface area contributed by atoms with Crippen molar-refractivity contribution < 1.29 is 0 Å². The molecule has 3 heterocycles. The van der Waals surface area contributed by atoms with Crippen LogP contribution < -0.4 is 0 Å². The summed E-state index contributed by atoms with van der Waals surface area (Å²) in [6.07, 6.45) is 2.37. The highest BCUT2D eigenvalue weighted by molar-refractivity contribution is 9.10. The molecule has 0 amide bonds. The molecule has 1 saturated heterocycles. The second kappa shape index (κ2) is 5.72. The minimum absolute atomic E-state index is 0.425. The molecule has 0 N–H and O–H groups in total. The molecule has 0 radical (unpaired) electrons. The lowest BCUT2D eigenvalue weighted by Gasteiger charge is -2.28. The standard InChI is InChI=1S/C15H16BrN5S/c1-20-8-2-3-11(9-20)13-17-18-15-21(13)19-14(22-15)10-4-6-12(16)7-5-10/h4-7,11H,2-3,8-9H2,1H3. The Hall–Kier alpha value is -1.31. The maximum absolute atomic E-state index is 4.75. The van der Waals surface area contributed by atoms with Gasteiger partial charge < -0.3 is 4.90 Å². The van der Waals surface area contributed by atoms with Crippen molar-refractivity contribution in [2.75, 3.05) is 20.1 Å². The van der Waals surface area contributed by atoms with Crippen LogP contribution in [0.15, 0.2) is 28.7 Å². The zero-order valence-corrected chi connectivity index (χ0v) is 14.6. The average Bonchev–Trinajstić information content (AvgIpc) is 3.08. The van der Waals surface area contributed by atoms with E-state index in [0.717, 1.165) is 38.8 Å². The summed E-state index contributed by atoms with van der Waals surface area (Å²) in [6, 6.07) is 8.22. The molecule has 2 aromatic heterocycles. The Kier molecular flexibility index (Phi) is 3.71. The van der Waals surface area contributed by atoms with Crippen molar-refractivity contribution in [2.24, 2.45) is 0 Å². The topological polar surface area (TPSA) is 46.3 Å². The fraction of sp³-hybridized carbons (Fsp3) is 0.400. The van der Waals surface area contributed by atoms with Gasteiger partial charge in [-0.25, -0.2) is 0 Å². The number of likely N-dealkylation sites (N-methyl/N-ethyl adjacent to an activating group) is 1. The van der Waals surface area contributed by atoms with Crippen LogP contribution in [-0.2, 0) is 0 Å². The van der Waals surface area contributed by atoms with Gasteiger partial charge in [0.15, 0.2) is 5.82 Å². The monoisotopic (exact) mass is 377 g/mol. The molecule has 4 rings (SSSR count). The number of nitrogens with zero attached hydrogens (tertiary/aromatic N) is 5. The molecular weight excluding hydrogens is 362 g/mol. The van der Waals surface area contributed by atoms with Crippen LogP contribution >= 0.6 is 27.3 Å². The van der Waals surface area contributed by atoms with Crippen molar-refractivity contribution in [3.05, 3.63) is 34.6 Å². The van der Waals surface area contributed by atoms with E-state index in [4.69, 9.17) is 5.10 Å². The molecule has 5 nitrogen and oxygen atoms in total. The van der Waals surface area contributed by atoms with Gasteiger partial charge in [0, 0.05) is 22.5 Å². The maximum atomic E-state index is 4.75. The summed E-state index contributed by atoms with van der Waals surface area (Å²) in [4.78, 5) is 3.23. The second-order valence-corrected chi connectivity index (χ2v) is 7.64. The Morgan fingerprint density at radius 2 is 2.05 bits per heavy atom. The van der Waals surface area contributed by atoms with Gasteiger partial charge in [-0.15, -0.1) is 10.2 Å². The number of halogens is 1. The van der Waals surface area contributed by atoms with E-state index in [1.54, 1.807) is 11.3 Å². The quantitative estimate of drug-likeness (QED) is 0.686. The van der Waals surface area contributed by atoms with Gasteiger partial charge in [-0.2, -0.15) is 9.61 Å². The first-order chi connectivity index (χ1) is 10.7. The molecular formula is C15H16BrN5S. The van der Waals surface area contributed by atoms with E-state index in [0.29, 0.717) is 5.92 Å². The summed E-state index contributed by atoms with van der Waals surface area (Å²) in [7, 11) is 2.17. The number of hydrogen-bond acceptors (Lipinski definition) is 5. The highest BCUT2D eigenvalue weighted by Crippen LogP contribution is 2.30. The zero-order valence-electron chi connectivity index (χ0n) is 12.2. The fourth-order valence-electron chi connectivity index (χ4n) is 2.97. The van der Waals surface area contributed by atoms with E-state index < -0.39 is 0 Å². The Balaban J connectivity index is 1.71. The molecule has 114 valence electrons. The Morgan fingerprint density at radius 3 is 2.82 bits per heavy atom. The van der Waals surface area contributed by atoms with Gasteiger partial charge in [0.2, 0.25) is 4.96 Å². The van der Waals surface area contributed by atoms with E-state index >= 15 is 0 Å². The largest absolute Gasteiger partial charge is 0.306 e. The van der Waals surface area contributed by atoms with E-state index in [-0.39, 0.29) is 0 Å². The molecule has 0 bridgehead atoms. The van der Waals surface area contributed by atoms with Crippen LogP contribution in [0.5, 0.6) is 0 Å². The van der Waals surface area contributed by atoms with Gasteiger partial charge in [-0.05, 0) is 38.6 Å². The van der Waals surface area contributed by atoms with E-state index in [2.05, 4.69) is 50.2 Å². The number of rotatable bonds is 2. The molecule has 1 atom stereocenters.